The van der Waals surface area contributed by atoms with Crippen molar-refractivity contribution in [2.24, 2.45) is 0 Å². The summed E-state index contributed by atoms with van der Waals surface area (Å²) in [6.07, 6.45) is -6.55. The fraction of sp³-hybridized carbons (Fsp3) is 0.424. The van der Waals surface area contributed by atoms with Gasteiger partial charge in [-0.1, -0.05) is 119 Å². The van der Waals surface area contributed by atoms with E-state index in [2.05, 4.69) is 98.8 Å². The van der Waals surface area contributed by atoms with E-state index in [9.17, 15) is 61.9 Å². The van der Waals surface area contributed by atoms with Crippen molar-refractivity contribution in [3.63, 3.8) is 0 Å². The van der Waals surface area contributed by atoms with Gasteiger partial charge in [-0.3, -0.25) is 0 Å². The Morgan fingerprint density at radius 1 is 0.633 bits per heavy atom. The Morgan fingerprint density at radius 3 is 1.39 bits per heavy atom. The molecule has 0 saturated heterocycles. The SMILES string of the molecule is CC(C)c1ccc(P(c2ccccc2)c2ccccc2)cc1.CCCCC(F)C(F)(F)C(F)(F)C(F)(F)C(F)(F)C(F)(F)C(F)(F)C(=O)O. The molecule has 272 valence electrons. The van der Waals surface area contributed by atoms with E-state index in [0.29, 0.717) is 5.92 Å². The van der Waals surface area contributed by atoms with Crippen LogP contribution in [-0.2, 0) is 4.79 Å². The van der Waals surface area contributed by atoms with Crippen LogP contribution in [0, 0.1) is 0 Å². The lowest BCUT2D eigenvalue weighted by Crippen LogP contribution is -2.72. The number of carbonyl (C=O) groups is 1. The van der Waals surface area contributed by atoms with Gasteiger partial charge in [-0.25, -0.2) is 9.18 Å². The molecule has 16 heteroatoms. The number of hydrogen-bond donors (Lipinski definition) is 1. The van der Waals surface area contributed by atoms with Crippen LogP contribution in [-0.4, -0.2) is 52.8 Å². The highest BCUT2D eigenvalue weighted by molar-refractivity contribution is 7.79. The minimum absolute atomic E-state index is 0.141. The number of hydrogen-bond acceptors (Lipinski definition) is 1. The summed E-state index contributed by atoms with van der Waals surface area (Å²) in [7, 11) is -0.478. The predicted molar refractivity (Wildman–Crippen MR) is 161 cm³/mol. The average molecular weight is 739 g/mol. The monoisotopic (exact) mass is 738 g/mol. The first-order valence-corrected chi connectivity index (χ1v) is 15.9. The first-order valence-electron chi connectivity index (χ1n) is 14.6. The fourth-order valence-corrected chi connectivity index (χ4v) is 6.59. The molecule has 3 aromatic rings. The van der Waals surface area contributed by atoms with Crippen molar-refractivity contribution in [3.05, 3.63) is 90.5 Å². The predicted octanol–water partition coefficient (Wildman–Crippen LogP) is 9.98. The van der Waals surface area contributed by atoms with E-state index < -0.39 is 68.4 Å². The maximum atomic E-state index is 13.3. The molecule has 0 aliphatic carbocycles. The number of benzene rings is 3. The minimum atomic E-state index is -8.01. The van der Waals surface area contributed by atoms with Gasteiger partial charge < -0.3 is 5.11 Å². The van der Waals surface area contributed by atoms with E-state index in [0.717, 1.165) is 0 Å². The largest absolute Gasteiger partial charge is 0.477 e. The molecule has 1 N–H and O–H groups in total. The molecule has 0 saturated carbocycles. The van der Waals surface area contributed by atoms with E-state index in [-0.39, 0.29) is 6.42 Å². The third kappa shape index (κ3) is 8.18. The Bertz CT molecular complexity index is 1440. The second-order valence-corrected chi connectivity index (χ2v) is 13.4. The summed E-state index contributed by atoms with van der Waals surface area (Å²) in [5, 5.41) is 12.0. The van der Waals surface area contributed by atoms with Gasteiger partial charge in [-0.05, 0) is 41.7 Å². The summed E-state index contributed by atoms with van der Waals surface area (Å²) >= 11 is 0. The second kappa shape index (κ2) is 15.7. The van der Waals surface area contributed by atoms with Crippen LogP contribution in [0.2, 0.25) is 0 Å². The molecule has 0 fully saturated rings. The van der Waals surface area contributed by atoms with Gasteiger partial charge in [0, 0.05) is 0 Å². The second-order valence-electron chi connectivity index (χ2n) is 11.2. The van der Waals surface area contributed by atoms with Crippen LogP contribution in [0.1, 0.15) is 51.5 Å². The molecular formula is C33H32F13O2P. The van der Waals surface area contributed by atoms with Crippen LogP contribution in [0.25, 0.3) is 0 Å². The number of aliphatic carboxylic acids is 1. The molecule has 1 unspecified atom stereocenters. The van der Waals surface area contributed by atoms with Crippen LogP contribution in [0.5, 0.6) is 0 Å². The van der Waals surface area contributed by atoms with Crippen molar-refractivity contribution in [1.82, 2.24) is 0 Å². The van der Waals surface area contributed by atoms with Crippen LogP contribution in [0.3, 0.4) is 0 Å². The molecule has 0 aromatic heterocycles. The Kier molecular flexibility index (Phi) is 13.4. The summed E-state index contributed by atoms with van der Waals surface area (Å²) in [5.41, 5.74) is 1.40. The zero-order chi connectivity index (χ0) is 37.6. The highest BCUT2D eigenvalue weighted by Gasteiger charge is 2.91. The Labute approximate surface area is 275 Å². The van der Waals surface area contributed by atoms with Gasteiger partial charge >= 0.3 is 41.5 Å². The van der Waals surface area contributed by atoms with Gasteiger partial charge in [0.1, 0.15) is 0 Å². The lowest BCUT2D eigenvalue weighted by Gasteiger charge is -2.41. The molecule has 0 spiro atoms. The van der Waals surface area contributed by atoms with E-state index >= 15 is 0 Å². The number of halogens is 13. The summed E-state index contributed by atoms with van der Waals surface area (Å²) in [4.78, 5) is 9.91. The third-order valence-corrected chi connectivity index (χ3v) is 9.76. The molecule has 2 nitrogen and oxygen atoms in total. The molecular weight excluding hydrogens is 706 g/mol. The molecule has 0 bridgehead atoms. The van der Waals surface area contributed by atoms with Gasteiger partial charge in [-0.15, -0.1) is 0 Å². The van der Waals surface area contributed by atoms with E-state index in [4.69, 9.17) is 5.11 Å². The lowest BCUT2D eigenvalue weighted by atomic mass is 9.89. The van der Waals surface area contributed by atoms with Gasteiger partial charge in [0.05, 0.1) is 0 Å². The average Bonchev–Trinajstić information content (AvgIpc) is 3.04. The van der Waals surface area contributed by atoms with E-state index in [1.54, 1.807) is 0 Å². The highest BCUT2D eigenvalue weighted by atomic mass is 31.1. The first kappa shape index (κ1) is 41.8. The maximum absolute atomic E-state index is 13.3. The Morgan fingerprint density at radius 2 is 1.02 bits per heavy atom. The van der Waals surface area contributed by atoms with Gasteiger partial charge in [0.2, 0.25) is 0 Å². The van der Waals surface area contributed by atoms with Crippen molar-refractivity contribution in [2.45, 2.75) is 87.7 Å². The molecule has 49 heavy (non-hydrogen) atoms. The zero-order valence-corrected chi connectivity index (χ0v) is 27.0. The van der Waals surface area contributed by atoms with Crippen LogP contribution >= 0.6 is 7.92 Å². The highest BCUT2D eigenvalue weighted by Crippen LogP contribution is 2.61. The smallest absolute Gasteiger partial charge is 0.410 e. The summed E-state index contributed by atoms with van der Waals surface area (Å²) in [6, 6.07) is 30.9. The van der Waals surface area contributed by atoms with Crippen molar-refractivity contribution < 1.29 is 67.0 Å². The van der Waals surface area contributed by atoms with Crippen LogP contribution in [0.4, 0.5) is 57.1 Å². The first-order chi connectivity index (χ1) is 22.4. The van der Waals surface area contributed by atoms with Crippen LogP contribution < -0.4 is 15.9 Å². The summed E-state index contributed by atoms with van der Waals surface area (Å²) in [5.74, 6) is -48.6. The van der Waals surface area contributed by atoms with Gasteiger partial charge in [0.25, 0.3) is 0 Å². The number of alkyl halides is 13. The molecule has 0 amide bonds. The number of carboxylic acids is 1. The maximum Gasteiger partial charge on any atom is 0.410 e. The Hall–Kier alpha value is -3.35. The van der Waals surface area contributed by atoms with Crippen LogP contribution in [0.15, 0.2) is 84.9 Å². The molecule has 1 atom stereocenters. The molecule has 0 heterocycles. The quantitative estimate of drug-likeness (QED) is 0.132. The van der Waals surface area contributed by atoms with E-state index in [1.807, 2.05) is 0 Å². The topological polar surface area (TPSA) is 37.3 Å². The fourth-order valence-electron chi connectivity index (χ4n) is 4.31. The molecule has 0 aliphatic rings. The minimum Gasteiger partial charge on any atom is -0.477 e. The number of unbranched alkanes of at least 4 members (excludes halogenated alkanes) is 1. The van der Waals surface area contributed by atoms with Crippen molar-refractivity contribution in [3.8, 4) is 0 Å². The molecule has 0 aliphatic heterocycles. The van der Waals surface area contributed by atoms with Crippen molar-refractivity contribution >= 4 is 29.8 Å². The Balaban J connectivity index is 0.000000345. The zero-order valence-electron chi connectivity index (χ0n) is 26.1. The van der Waals surface area contributed by atoms with Gasteiger partial charge in [0.15, 0.2) is 6.17 Å². The molecule has 3 aromatic carbocycles. The van der Waals surface area contributed by atoms with Crippen molar-refractivity contribution in [1.29, 1.82) is 0 Å². The number of carboxylic acid groups (broad SMARTS) is 1. The molecule has 3 rings (SSSR count). The normalized spacial score (nSPS) is 14.0. The van der Waals surface area contributed by atoms with E-state index in [1.165, 1.54) is 28.4 Å². The third-order valence-electron chi connectivity index (χ3n) is 7.32. The molecule has 0 radical (unpaired) electrons. The van der Waals surface area contributed by atoms with Gasteiger partial charge in [-0.2, -0.15) is 52.7 Å². The summed E-state index contributed by atoms with van der Waals surface area (Å²) < 4.78 is 171. The standard InChI is InChI=1S/C21H21P.C12H11F13O2/c1-17(2)18-13-15-21(16-14-18)22(19-9-5-3-6-10-19)20-11-7-4-8-12-20;1-2-3-4-5(13)7(14,15)9(18,19)11(22,23)12(24,25)10(20,21)8(16,17)6(26)27/h3-17H,1-2H3;5H,2-4H2,1H3,(H,26,27). The van der Waals surface area contributed by atoms with Crippen molar-refractivity contribution in [2.75, 3.05) is 0 Å². The lowest BCUT2D eigenvalue weighted by molar-refractivity contribution is -0.425. The number of rotatable bonds is 14. The summed E-state index contributed by atoms with van der Waals surface area (Å²) in [6.45, 7) is 5.69.